The molecule has 20 heavy (non-hydrogen) atoms. The van der Waals surface area contributed by atoms with E-state index in [4.69, 9.17) is 4.74 Å². The monoisotopic (exact) mass is 381 g/mol. The van der Waals surface area contributed by atoms with Crippen LogP contribution in [0, 0.1) is 10.5 Å². The topological polar surface area (TPSA) is 21.3 Å². The SMILES string of the molecule is Cc1ccc(CNC(C)C)cc1Oc1ccc(I)cc1. The Balaban J connectivity index is 2.13. The molecule has 0 fully saturated rings. The average Bonchev–Trinajstić information content (AvgIpc) is 2.42. The first-order valence-corrected chi connectivity index (χ1v) is 7.89. The van der Waals surface area contributed by atoms with Gasteiger partial charge in [0.05, 0.1) is 0 Å². The van der Waals surface area contributed by atoms with Crippen molar-refractivity contribution in [1.82, 2.24) is 5.32 Å². The van der Waals surface area contributed by atoms with E-state index in [1.54, 1.807) is 0 Å². The van der Waals surface area contributed by atoms with Crippen LogP contribution in [0.15, 0.2) is 42.5 Å². The van der Waals surface area contributed by atoms with E-state index in [1.165, 1.54) is 9.13 Å². The first-order chi connectivity index (χ1) is 9.54. The van der Waals surface area contributed by atoms with Gasteiger partial charge in [0.15, 0.2) is 0 Å². The molecule has 0 heterocycles. The van der Waals surface area contributed by atoms with E-state index in [-0.39, 0.29) is 0 Å². The number of benzene rings is 2. The number of aryl methyl sites for hydroxylation is 1. The maximum Gasteiger partial charge on any atom is 0.130 e. The Morgan fingerprint density at radius 1 is 1.10 bits per heavy atom. The van der Waals surface area contributed by atoms with Crippen molar-refractivity contribution in [3.8, 4) is 11.5 Å². The summed E-state index contributed by atoms with van der Waals surface area (Å²) in [5, 5.41) is 3.42. The van der Waals surface area contributed by atoms with E-state index in [0.29, 0.717) is 6.04 Å². The largest absolute Gasteiger partial charge is 0.457 e. The maximum atomic E-state index is 5.98. The van der Waals surface area contributed by atoms with E-state index < -0.39 is 0 Å². The van der Waals surface area contributed by atoms with Crippen LogP contribution < -0.4 is 10.1 Å². The van der Waals surface area contributed by atoms with Crippen LogP contribution >= 0.6 is 22.6 Å². The lowest BCUT2D eigenvalue weighted by molar-refractivity contribution is 0.477. The third-order valence-electron chi connectivity index (χ3n) is 3.01. The van der Waals surface area contributed by atoms with Crippen molar-refractivity contribution in [3.05, 3.63) is 57.2 Å². The molecular formula is C17H20INO. The summed E-state index contributed by atoms with van der Waals surface area (Å²) in [7, 11) is 0. The van der Waals surface area contributed by atoms with Gasteiger partial charge in [-0.15, -0.1) is 0 Å². The summed E-state index contributed by atoms with van der Waals surface area (Å²) in [6.07, 6.45) is 0. The lowest BCUT2D eigenvalue weighted by atomic mass is 10.1. The van der Waals surface area contributed by atoms with E-state index in [2.05, 4.69) is 79.0 Å². The van der Waals surface area contributed by atoms with Gasteiger partial charge in [-0.1, -0.05) is 26.0 Å². The molecule has 0 unspecified atom stereocenters. The first-order valence-electron chi connectivity index (χ1n) is 6.81. The third-order valence-corrected chi connectivity index (χ3v) is 3.73. The molecule has 0 saturated heterocycles. The quantitative estimate of drug-likeness (QED) is 0.745. The fourth-order valence-corrected chi connectivity index (χ4v) is 2.18. The molecular weight excluding hydrogens is 361 g/mol. The highest BCUT2D eigenvalue weighted by molar-refractivity contribution is 14.1. The maximum absolute atomic E-state index is 5.98. The molecule has 0 spiro atoms. The Kier molecular flexibility index (Phi) is 5.43. The van der Waals surface area contributed by atoms with Crippen molar-refractivity contribution in [2.24, 2.45) is 0 Å². The minimum absolute atomic E-state index is 0.483. The molecule has 2 nitrogen and oxygen atoms in total. The molecule has 2 rings (SSSR count). The molecule has 0 atom stereocenters. The van der Waals surface area contributed by atoms with Crippen molar-refractivity contribution >= 4 is 22.6 Å². The number of hydrogen-bond acceptors (Lipinski definition) is 2. The Morgan fingerprint density at radius 2 is 1.80 bits per heavy atom. The number of halogens is 1. The van der Waals surface area contributed by atoms with Gasteiger partial charge in [-0.05, 0) is 71.0 Å². The normalized spacial score (nSPS) is 10.8. The first kappa shape index (κ1) is 15.3. The van der Waals surface area contributed by atoms with Gasteiger partial charge in [0.2, 0.25) is 0 Å². The Labute approximate surface area is 134 Å². The van der Waals surface area contributed by atoms with E-state index in [1.807, 2.05) is 12.1 Å². The summed E-state index contributed by atoms with van der Waals surface area (Å²) in [4.78, 5) is 0. The molecule has 0 radical (unpaired) electrons. The van der Waals surface area contributed by atoms with Gasteiger partial charge in [0.1, 0.15) is 11.5 Å². The van der Waals surface area contributed by atoms with Crippen LogP contribution in [-0.2, 0) is 6.54 Å². The van der Waals surface area contributed by atoms with Gasteiger partial charge in [0.25, 0.3) is 0 Å². The van der Waals surface area contributed by atoms with Gasteiger partial charge in [0, 0.05) is 16.2 Å². The van der Waals surface area contributed by atoms with Crippen LogP contribution in [0.4, 0.5) is 0 Å². The predicted molar refractivity (Wildman–Crippen MR) is 92.4 cm³/mol. The lowest BCUT2D eigenvalue weighted by Crippen LogP contribution is -2.21. The summed E-state index contributed by atoms with van der Waals surface area (Å²) >= 11 is 2.29. The van der Waals surface area contributed by atoms with Crippen LogP contribution in [0.5, 0.6) is 11.5 Å². The molecule has 0 amide bonds. The van der Waals surface area contributed by atoms with Gasteiger partial charge in [-0.2, -0.15) is 0 Å². The molecule has 106 valence electrons. The molecule has 2 aromatic rings. The fourth-order valence-electron chi connectivity index (χ4n) is 1.82. The smallest absolute Gasteiger partial charge is 0.130 e. The van der Waals surface area contributed by atoms with Crippen molar-refractivity contribution in [1.29, 1.82) is 0 Å². The number of hydrogen-bond donors (Lipinski definition) is 1. The Hall–Kier alpha value is -1.07. The predicted octanol–water partition coefficient (Wildman–Crippen LogP) is 4.89. The zero-order valence-electron chi connectivity index (χ0n) is 12.1. The van der Waals surface area contributed by atoms with Crippen molar-refractivity contribution in [3.63, 3.8) is 0 Å². The standard InChI is InChI=1S/C17H20INO/c1-12(2)19-11-14-5-4-13(3)17(10-14)20-16-8-6-15(18)7-9-16/h4-10,12,19H,11H2,1-3H3. The molecule has 2 aromatic carbocycles. The minimum Gasteiger partial charge on any atom is -0.457 e. The van der Waals surface area contributed by atoms with E-state index >= 15 is 0 Å². The van der Waals surface area contributed by atoms with Gasteiger partial charge in [-0.25, -0.2) is 0 Å². The molecule has 3 heteroatoms. The molecule has 0 bridgehead atoms. The van der Waals surface area contributed by atoms with Gasteiger partial charge >= 0.3 is 0 Å². The highest BCUT2D eigenvalue weighted by Crippen LogP contribution is 2.26. The molecule has 0 saturated carbocycles. The van der Waals surface area contributed by atoms with Crippen LogP contribution in [0.25, 0.3) is 0 Å². The highest BCUT2D eigenvalue weighted by atomic mass is 127. The summed E-state index contributed by atoms with van der Waals surface area (Å²) in [6, 6.07) is 15.0. The Morgan fingerprint density at radius 3 is 2.45 bits per heavy atom. The number of rotatable bonds is 5. The van der Waals surface area contributed by atoms with Crippen LogP contribution in [0.3, 0.4) is 0 Å². The molecule has 0 aliphatic carbocycles. The zero-order chi connectivity index (χ0) is 14.5. The Bertz CT molecular complexity index is 564. The van der Waals surface area contributed by atoms with E-state index in [0.717, 1.165) is 23.6 Å². The molecule has 0 aromatic heterocycles. The highest BCUT2D eigenvalue weighted by Gasteiger charge is 2.04. The molecule has 0 aliphatic heterocycles. The fraction of sp³-hybridized carbons (Fsp3) is 0.294. The minimum atomic E-state index is 0.483. The second-order valence-corrected chi connectivity index (χ2v) is 6.44. The second-order valence-electron chi connectivity index (χ2n) is 5.19. The summed E-state index contributed by atoms with van der Waals surface area (Å²) in [5.74, 6) is 1.80. The van der Waals surface area contributed by atoms with Crippen LogP contribution in [-0.4, -0.2) is 6.04 Å². The second kappa shape index (κ2) is 7.09. The van der Waals surface area contributed by atoms with Crippen molar-refractivity contribution in [2.75, 3.05) is 0 Å². The summed E-state index contributed by atoms with van der Waals surface area (Å²) < 4.78 is 7.19. The summed E-state index contributed by atoms with van der Waals surface area (Å²) in [6.45, 7) is 7.23. The van der Waals surface area contributed by atoms with Crippen molar-refractivity contribution in [2.45, 2.75) is 33.4 Å². The van der Waals surface area contributed by atoms with E-state index in [9.17, 15) is 0 Å². The number of ether oxygens (including phenoxy) is 1. The third kappa shape index (κ3) is 4.49. The molecule has 0 aliphatic rings. The van der Waals surface area contributed by atoms with Gasteiger partial charge < -0.3 is 10.1 Å². The zero-order valence-corrected chi connectivity index (χ0v) is 14.3. The van der Waals surface area contributed by atoms with Crippen LogP contribution in [0.2, 0.25) is 0 Å². The lowest BCUT2D eigenvalue weighted by Gasteiger charge is -2.12. The van der Waals surface area contributed by atoms with Crippen LogP contribution in [0.1, 0.15) is 25.0 Å². The average molecular weight is 381 g/mol. The van der Waals surface area contributed by atoms with Gasteiger partial charge in [-0.3, -0.25) is 0 Å². The molecule has 1 N–H and O–H groups in total. The summed E-state index contributed by atoms with van der Waals surface area (Å²) in [5.41, 5.74) is 2.39. The number of nitrogens with one attached hydrogen (secondary N) is 1. The van der Waals surface area contributed by atoms with Crippen molar-refractivity contribution < 1.29 is 4.74 Å².